The smallest absolute Gasteiger partial charge is 0.408 e. The van der Waals surface area contributed by atoms with Gasteiger partial charge in [0.25, 0.3) is 0 Å². The normalized spacial score (nSPS) is 38.0. The number of nitrogens with zero attached hydrogens (tertiary/aromatic N) is 1. The van der Waals surface area contributed by atoms with E-state index >= 15 is 0 Å². The van der Waals surface area contributed by atoms with Gasteiger partial charge in [0.1, 0.15) is 5.60 Å². The molecule has 0 unspecified atom stereocenters. The van der Waals surface area contributed by atoms with Gasteiger partial charge in [0.05, 0.1) is 11.5 Å². The van der Waals surface area contributed by atoms with Gasteiger partial charge in [-0.1, -0.05) is 0 Å². The zero-order valence-electron chi connectivity index (χ0n) is 12.9. The Hall–Kier alpha value is -0.820. The van der Waals surface area contributed by atoms with Crippen LogP contribution in [-0.2, 0) is 14.6 Å². The Bertz CT molecular complexity index is 530. The lowest BCUT2D eigenvalue weighted by Crippen LogP contribution is -2.84. The van der Waals surface area contributed by atoms with Gasteiger partial charge in [-0.3, -0.25) is 4.90 Å². The molecular formula is C14H24N2O4S. The van der Waals surface area contributed by atoms with E-state index in [9.17, 15) is 13.2 Å². The zero-order valence-corrected chi connectivity index (χ0v) is 13.8. The number of hydrogen-bond acceptors (Lipinski definition) is 5. The maximum atomic E-state index is 11.8. The van der Waals surface area contributed by atoms with Crippen molar-refractivity contribution >= 4 is 15.9 Å². The van der Waals surface area contributed by atoms with Gasteiger partial charge < -0.3 is 10.1 Å². The average molecular weight is 316 g/mol. The van der Waals surface area contributed by atoms with Gasteiger partial charge in [0.15, 0.2) is 9.84 Å². The van der Waals surface area contributed by atoms with E-state index in [1.807, 2.05) is 20.8 Å². The molecule has 120 valence electrons. The summed E-state index contributed by atoms with van der Waals surface area (Å²) in [6, 6.07) is 0. The third kappa shape index (κ3) is 2.77. The predicted octanol–water partition coefficient (Wildman–Crippen LogP) is 0.917. The predicted molar refractivity (Wildman–Crippen MR) is 78.9 cm³/mol. The van der Waals surface area contributed by atoms with E-state index in [-0.39, 0.29) is 28.7 Å². The number of carbonyl (C=O) groups is 1. The number of alkyl carbamates (subject to hydrolysis) is 1. The Labute approximate surface area is 126 Å². The SMILES string of the molecule is CC(C)(C)OC(=O)NC12CC(N3CCS(=O)(=O)CC3)(C1)C2. The molecule has 0 atom stereocenters. The quantitative estimate of drug-likeness (QED) is 0.820. The number of hydrogen-bond donors (Lipinski definition) is 1. The number of carbonyl (C=O) groups excluding carboxylic acids is 1. The second kappa shape index (κ2) is 4.35. The standard InChI is InChI=1S/C14H24N2O4S/c1-12(2,3)20-11(17)15-13-8-14(9-13,10-13)16-4-6-21(18,19)7-5-16/h4-10H2,1-3H3,(H,15,17). The van der Waals surface area contributed by atoms with Crippen LogP contribution in [0.5, 0.6) is 0 Å². The molecule has 0 radical (unpaired) electrons. The first-order valence-corrected chi connectivity index (χ1v) is 9.32. The fourth-order valence-electron chi connectivity index (χ4n) is 3.91. The third-order valence-electron chi connectivity index (χ3n) is 4.78. The summed E-state index contributed by atoms with van der Waals surface area (Å²) in [5.74, 6) is 0.530. The number of rotatable bonds is 2. The molecule has 6 nitrogen and oxygen atoms in total. The van der Waals surface area contributed by atoms with Crippen molar-refractivity contribution in [1.29, 1.82) is 0 Å². The lowest BCUT2D eigenvalue weighted by Gasteiger charge is -2.74. The second-order valence-corrected chi connectivity index (χ2v) is 10.1. The fraction of sp³-hybridized carbons (Fsp3) is 0.929. The third-order valence-corrected chi connectivity index (χ3v) is 6.39. The molecule has 2 bridgehead atoms. The summed E-state index contributed by atoms with van der Waals surface area (Å²) >= 11 is 0. The molecule has 0 aromatic rings. The van der Waals surface area contributed by atoms with Crippen LogP contribution in [-0.4, -0.2) is 60.7 Å². The number of nitrogens with one attached hydrogen (secondary N) is 1. The van der Waals surface area contributed by atoms with Gasteiger partial charge in [0.2, 0.25) is 0 Å². The molecule has 1 heterocycles. The molecule has 1 aliphatic heterocycles. The Kier molecular flexibility index (Phi) is 3.12. The monoisotopic (exact) mass is 316 g/mol. The first-order chi connectivity index (χ1) is 9.53. The molecule has 3 aliphatic carbocycles. The highest BCUT2D eigenvalue weighted by molar-refractivity contribution is 7.91. The molecule has 0 spiro atoms. The fourth-order valence-corrected chi connectivity index (χ4v) is 5.11. The van der Waals surface area contributed by atoms with E-state index in [0.29, 0.717) is 13.1 Å². The van der Waals surface area contributed by atoms with Crippen LogP contribution in [0.2, 0.25) is 0 Å². The molecule has 1 N–H and O–H groups in total. The van der Waals surface area contributed by atoms with Crippen LogP contribution in [0.3, 0.4) is 0 Å². The maximum Gasteiger partial charge on any atom is 0.408 e. The maximum absolute atomic E-state index is 11.8. The van der Waals surface area contributed by atoms with Crippen molar-refractivity contribution in [2.24, 2.45) is 0 Å². The van der Waals surface area contributed by atoms with Crippen LogP contribution in [0.4, 0.5) is 4.79 Å². The summed E-state index contributed by atoms with van der Waals surface area (Å²) in [5.41, 5.74) is -0.462. The van der Waals surface area contributed by atoms with Gasteiger partial charge in [-0.2, -0.15) is 0 Å². The van der Waals surface area contributed by atoms with E-state index in [4.69, 9.17) is 4.74 Å². The van der Waals surface area contributed by atoms with Crippen LogP contribution in [0.25, 0.3) is 0 Å². The van der Waals surface area contributed by atoms with Crippen molar-refractivity contribution < 1.29 is 17.9 Å². The zero-order chi connectivity index (χ0) is 15.5. The van der Waals surface area contributed by atoms with E-state index in [0.717, 1.165) is 19.3 Å². The van der Waals surface area contributed by atoms with E-state index in [2.05, 4.69) is 10.2 Å². The number of sulfone groups is 1. The Morgan fingerprint density at radius 3 is 2.14 bits per heavy atom. The summed E-state index contributed by atoms with van der Waals surface area (Å²) < 4.78 is 28.3. The topological polar surface area (TPSA) is 75.7 Å². The average Bonchev–Trinajstić information content (AvgIpc) is 2.19. The van der Waals surface area contributed by atoms with Crippen molar-refractivity contribution in [3.63, 3.8) is 0 Å². The molecule has 4 aliphatic rings. The van der Waals surface area contributed by atoms with Crippen molar-refractivity contribution in [2.75, 3.05) is 24.6 Å². The first kappa shape index (κ1) is 15.1. The Morgan fingerprint density at radius 2 is 1.67 bits per heavy atom. The summed E-state index contributed by atoms with van der Waals surface area (Å²) in [7, 11) is -2.83. The number of ether oxygens (including phenoxy) is 1. The molecule has 1 amide bonds. The summed E-state index contributed by atoms with van der Waals surface area (Å²) in [5, 5.41) is 2.99. The first-order valence-electron chi connectivity index (χ1n) is 7.50. The van der Waals surface area contributed by atoms with Gasteiger partial charge in [-0.15, -0.1) is 0 Å². The lowest BCUT2D eigenvalue weighted by atomic mass is 9.43. The molecule has 1 saturated heterocycles. The molecule has 0 aromatic carbocycles. The summed E-state index contributed by atoms with van der Waals surface area (Å²) in [4.78, 5) is 14.1. The van der Waals surface area contributed by atoms with Crippen molar-refractivity contribution in [2.45, 2.75) is 56.7 Å². The van der Waals surface area contributed by atoms with Crippen LogP contribution in [0.15, 0.2) is 0 Å². The molecule has 4 rings (SSSR count). The van der Waals surface area contributed by atoms with Crippen LogP contribution in [0.1, 0.15) is 40.0 Å². The number of amides is 1. The molecule has 0 aromatic heterocycles. The minimum absolute atomic E-state index is 0.112. The summed E-state index contributed by atoms with van der Waals surface area (Å²) in [6.45, 7) is 6.81. The van der Waals surface area contributed by atoms with Crippen LogP contribution >= 0.6 is 0 Å². The van der Waals surface area contributed by atoms with E-state index < -0.39 is 15.4 Å². The van der Waals surface area contributed by atoms with Crippen LogP contribution < -0.4 is 5.32 Å². The van der Waals surface area contributed by atoms with Crippen molar-refractivity contribution in [1.82, 2.24) is 10.2 Å². The van der Waals surface area contributed by atoms with Crippen molar-refractivity contribution in [3.8, 4) is 0 Å². The van der Waals surface area contributed by atoms with Gasteiger partial charge in [-0.05, 0) is 40.0 Å². The minimum atomic E-state index is -2.83. The Morgan fingerprint density at radius 1 is 1.14 bits per heavy atom. The lowest BCUT2D eigenvalue weighted by molar-refractivity contribution is -0.174. The van der Waals surface area contributed by atoms with Gasteiger partial charge in [0, 0.05) is 24.2 Å². The molecule has 3 saturated carbocycles. The highest BCUT2D eigenvalue weighted by Crippen LogP contribution is 2.63. The van der Waals surface area contributed by atoms with E-state index in [1.165, 1.54) is 0 Å². The summed E-state index contributed by atoms with van der Waals surface area (Å²) in [6.07, 6.45) is 2.40. The largest absolute Gasteiger partial charge is 0.444 e. The molecule has 4 fully saturated rings. The molecule has 7 heteroatoms. The van der Waals surface area contributed by atoms with Crippen molar-refractivity contribution in [3.05, 3.63) is 0 Å². The molecular weight excluding hydrogens is 292 g/mol. The van der Waals surface area contributed by atoms with Gasteiger partial charge in [-0.25, -0.2) is 13.2 Å². The minimum Gasteiger partial charge on any atom is -0.444 e. The highest BCUT2D eigenvalue weighted by Gasteiger charge is 2.71. The Balaban J connectivity index is 1.50. The van der Waals surface area contributed by atoms with Crippen LogP contribution in [0, 0.1) is 0 Å². The van der Waals surface area contributed by atoms with E-state index in [1.54, 1.807) is 0 Å². The van der Waals surface area contributed by atoms with Gasteiger partial charge >= 0.3 is 6.09 Å². The second-order valence-electron chi connectivity index (χ2n) is 7.80. The molecule has 21 heavy (non-hydrogen) atoms. The highest BCUT2D eigenvalue weighted by atomic mass is 32.2.